The van der Waals surface area contributed by atoms with Gasteiger partial charge in [-0.3, -0.25) is 13.8 Å². The molecule has 2 aliphatic heterocycles. The number of allylic oxidation sites excluding steroid dienone is 21. The van der Waals surface area contributed by atoms with Crippen LogP contribution in [0.5, 0.6) is 0 Å². The number of amides is 1. The molecule has 2 saturated heterocycles. The molecule has 18 nitrogen and oxygen atoms in total. The molecule has 2 unspecified atom stereocenters. The molecule has 0 saturated carbocycles. The molecule has 2 rings (SSSR count). The predicted molar refractivity (Wildman–Crippen MR) is 355 cm³/mol. The number of hydrogen-bond acceptors (Lipinski definition) is 15. The van der Waals surface area contributed by atoms with Crippen LogP contribution in [0.15, 0.2) is 128 Å². The van der Waals surface area contributed by atoms with Crippen LogP contribution in [0.1, 0.15) is 218 Å². The molecule has 9 N–H and O–H groups in total. The van der Waals surface area contributed by atoms with Crippen molar-refractivity contribution in [1.29, 1.82) is 0 Å². The monoisotopic (exact) mass is 1290 g/mol. The van der Waals surface area contributed by atoms with Crippen molar-refractivity contribution >= 4 is 21.6 Å². The lowest BCUT2D eigenvalue weighted by atomic mass is 9.95. The molecule has 0 radical (unpaired) electrons. The highest BCUT2D eigenvalue weighted by Crippen LogP contribution is 2.61. The standard InChI is InChI=1S/C69H115NO17P2/c1-48(2)24-14-25-49(3)26-15-27-50(4)28-16-29-51(5)30-17-31-52(6)32-18-33-53(7)34-19-35-54(8)36-20-37-55(9)38-21-39-56(10)40-22-41-57(11)42-23-43-58(12)44-45-82-88(78,79)87-89(80,81)86-68-62(70-59(13)73)67(64(75)61(47-72)83-68)85-69-66(77)65(76)63(74)60(46-71)84-69/h24,26,28,30,32,34,36,38,40,42,44,60-69,71-72,74-77H,14-23,25,27,29,31,33,35,37,39,41,43,45-47H2,1-13H3,(H,70,73)(H,78,79)(H,80,81)/b49-26+,50-28+,51-30-,52-32-,53-34-,54-36-,55-38-,56-40-,57-42-,58-44-/t60-,61-,62-,63-,64-,65+,66-,67-,68-,69+/m1/s1. The fourth-order valence-electron chi connectivity index (χ4n) is 10.1. The molecule has 508 valence electrons. The van der Waals surface area contributed by atoms with Gasteiger partial charge in [-0.1, -0.05) is 128 Å². The van der Waals surface area contributed by atoms with Crippen molar-refractivity contribution in [2.45, 2.75) is 280 Å². The molecule has 12 atom stereocenters. The minimum absolute atomic E-state index is 0.480. The van der Waals surface area contributed by atoms with Crippen molar-refractivity contribution in [3.05, 3.63) is 128 Å². The van der Waals surface area contributed by atoms with Gasteiger partial charge in [0.1, 0.15) is 48.8 Å². The van der Waals surface area contributed by atoms with Gasteiger partial charge in [-0.15, -0.1) is 0 Å². The fraction of sp³-hybridized carbons (Fsp3) is 0.667. The average Bonchev–Trinajstić information content (AvgIpc) is 1.01. The van der Waals surface area contributed by atoms with E-state index in [9.17, 15) is 54.4 Å². The molecule has 2 heterocycles. The van der Waals surface area contributed by atoms with Crippen molar-refractivity contribution in [1.82, 2.24) is 5.32 Å². The second kappa shape index (κ2) is 44.2. The number of ether oxygens (including phenoxy) is 3. The van der Waals surface area contributed by atoms with Crippen LogP contribution in [0.4, 0.5) is 0 Å². The molecule has 1 amide bonds. The topological polar surface area (TPSA) is 280 Å². The molecule has 20 heteroatoms. The Morgan fingerprint density at radius 3 is 1.03 bits per heavy atom. The third-order valence-corrected chi connectivity index (χ3v) is 18.5. The van der Waals surface area contributed by atoms with Gasteiger partial charge < -0.3 is 60.0 Å². The molecule has 0 aromatic rings. The number of carbonyl (C=O) groups excluding carboxylic acids is 1. The van der Waals surface area contributed by atoms with Gasteiger partial charge in [-0.05, 0) is 212 Å². The van der Waals surface area contributed by atoms with Crippen molar-refractivity contribution in [2.24, 2.45) is 0 Å². The zero-order valence-corrected chi connectivity index (χ0v) is 57.8. The minimum atomic E-state index is -5.64. The van der Waals surface area contributed by atoms with Gasteiger partial charge in [-0.25, -0.2) is 9.13 Å². The molecule has 0 aliphatic carbocycles. The van der Waals surface area contributed by atoms with E-state index in [1.54, 1.807) is 6.92 Å². The van der Waals surface area contributed by atoms with Crippen molar-refractivity contribution in [3.8, 4) is 0 Å². The Bertz CT molecular complexity index is 2590. The number of phosphoric ester groups is 2. The lowest BCUT2D eigenvalue weighted by molar-refractivity contribution is -0.340. The van der Waals surface area contributed by atoms with Gasteiger partial charge in [0.25, 0.3) is 0 Å². The molecule has 2 fully saturated rings. The first-order valence-corrected chi connectivity index (χ1v) is 35.0. The SMILES string of the molecule is CC(=O)N[C@H]1[C@@H](OP(=O)(O)OP(=O)(O)OC/C=C(/C)CC/C=C(/C)CC/C=C(/C)CC/C=C(/C)CC/C=C(/C)CC/C=C(/C)CC/C=C(/C)CC/C=C(/C)CC/C=C(\C)CC/C=C(\C)CCC=C(C)C)O[C@H](CO)[C@@H](O)[C@@H]1O[C@@H]1O[C@H](CO)[C@@H](O)[C@H](O)[C@H]1O. The Morgan fingerprint density at radius 1 is 0.416 bits per heavy atom. The summed E-state index contributed by atoms with van der Waals surface area (Å²) in [7, 11) is -10.9. The number of aliphatic hydroxyl groups excluding tert-OH is 6. The summed E-state index contributed by atoms with van der Waals surface area (Å²) in [6.45, 7) is 25.0. The number of phosphoric acid groups is 2. The normalized spacial score (nSPS) is 25.7. The zero-order chi connectivity index (χ0) is 66.7. The highest BCUT2D eigenvalue weighted by Gasteiger charge is 2.53. The van der Waals surface area contributed by atoms with E-state index in [4.69, 9.17) is 23.3 Å². The molecular weight excluding hydrogens is 1180 g/mol. The van der Waals surface area contributed by atoms with Crippen molar-refractivity contribution in [3.63, 3.8) is 0 Å². The first-order chi connectivity index (χ1) is 42.0. The number of carbonyl (C=O) groups is 1. The van der Waals surface area contributed by atoms with Crippen LogP contribution in [-0.2, 0) is 41.5 Å². The highest BCUT2D eigenvalue weighted by atomic mass is 31.3. The Morgan fingerprint density at radius 2 is 0.719 bits per heavy atom. The first kappa shape index (κ1) is 81.6. The maximum Gasteiger partial charge on any atom is 0.483 e. The second-order valence-corrected chi connectivity index (χ2v) is 27.8. The molecule has 0 aromatic carbocycles. The number of aliphatic hydroxyl groups is 6. The maximum absolute atomic E-state index is 13.1. The quantitative estimate of drug-likeness (QED) is 0.0203. The van der Waals surface area contributed by atoms with E-state index in [2.05, 4.69) is 147 Å². The van der Waals surface area contributed by atoms with Gasteiger partial charge in [0.15, 0.2) is 12.6 Å². The van der Waals surface area contributed by atoms with E-state index in [1.165, 1.54) is 61.8 Å². The summed E-state index contributed by atoms with van der Waals surface area (Å²) in [4.78, 5) is 33.2. The molecule has 2 aliphatic rings. The smallest absolute Gasteiger partial charge is 0.394 e. The molecular formula is C69H115NO17P2. The van der Waals surface area contributed by atoms with Crippen LogP contribution < -0.4 is 5.32 Å². The van der Waals surface area contributed by atoms with Crippen LogP contribution in [0.25, 0.3) is 0 Å². The third-order valence-electron chi connectivity index (χ3n) is 15.9. The Balaban J connectivity index is 1.70. The molecule has 89 heavy (non-hydrogen) atoms. The number of rotatable bonds is 42. The van der Waals surface area contributed by atoms with E-state index >= 15 is 0 Å². The Kier molecular flexibility index (Phi) is 40.5. The largest absolute Gasteiger partial charge is 0.483 e. The fourth-order valence-corrected chi connectivity index (χ4v) is 12.2. The number of hydrogen-bond donors (Lipinski definition) is 9. The van der Waals surface area contributed by atoms with Gasteiger partial charge in [0.2, 0.25) is 5.91 Å². The zero-order valence-electron chi connectivity index (χ0n) is 56.0. The van der Waals surface area contributed by atoms with Crippen molar-refractivity contribution in [2.75, 3.05) is 19.8 Å². The van der Waals surface area contributed by atoms with Crippen LogP contribution in [0.3, 0.4) is 0 Å². The Hall–Kier alpha value is -3.49. The summed E-state index contributed by atoms with van der Waals surface area (Å²) in [6, 6.07) is -1.76. The van der Waals surface area contributed by atoms with E-state index < -0.39 is 103 Å². The van der Waals surface area contributed by atoms with Crippen LogP contribution in [0.2, 0.25) is 0 Å². The first-order valence-electron chi connectivity index (χ1n) is 32.0. The molecule has 0 bridgehead atoms. The van der Waals surface area contributed by atoms with Crippen LogP contribution in [0, 0.1) is 0 Å². The summed E-state index contributed by atoms with van der Waals surface area (Å²) in [5.41, 5.74) is 15.1. The van der Waals surface area contributed by atoms with E-state index in [1.807, 2.05) is 0 Å². The van der Waals surface area contributed by atoms with Gasteiger partial charge in [0.05, 0.1) is 19.8 Å². The van der Waals surface area contributed by atoms with Gasteiger partial charge in [0, 0.05) is 6.92 Å². The van der Waals surface area contributed by atoms with Crippen molar-refractivity contribution < 1.29 is 81.9 Å². The summed E-state index contributed by atoms with van der Waals surface area (Å²) in [5, 5.41) is 63.7. The van der Waals surface area contributed by atoms with E-state index in [0.29, 0.717) is 12.8 Å². The Labute approximate surface area is 534 Å². The van der Waals surface area contributed by atoms with E-state index in [-0.39, 0.29) is 0 Å². The average molecular weight is 1290 g/mol. The van der Waals surface area contributed by atoms with Gasteiger partial charge >= 0.3 is 15.6 Å². The minimum Gasteiger partial charge on any atom is -0.394 e. The summed E-state index contributed by atoms with van der Waals surface area (Å²) < 4.78 is 56.8. The summed E-state index contributed by atoms with van der Waals surface area (Å²) >= 11 is 0. The summed E-state index contributed by atoms with van der Waals surface area (Å²) in [6.07, 6.45) is 29.6. The highest BCUT2D eigenvalue weighted by molar-refractivity contribution is 7.61. The predicted octanol–water partition coefficient (Wildman–Crippen LogP) is 14.2. The third kappa shape index (κ3) is 35.9. The number of nitrogens with one attached hydrogen (secondary N) is 1. The van der Waals surface area contributed by atoms with Crippen LogP contribution in [-0.4, -0.2) is 128 Å². The summed E-state index contributed by atoms with van der Waals surface area (Å²) in [5.74, 6) is -0.820. The van der Waals surface area contributed by atoms with Crippen LogP contribution >= 0.6 is 15.6 Å². The molecule has 0 aromatic heterocycles. The van der Waals surface area contributed by atoms with E-state index in [0.717, 1.165) is 128 Å². The molecule has 0 spiro atoms. The lowest BCUT2D eigenvalue weighted by Gasteiger charge is -2.47. The maximum atomic E-state index is 13.1. The lowest BCUT2D eigenvalue weighted by Crippen LogP contribution is -2.68. The second-order valence-electron chi connectivity index (χ2n) is 24.8. The van der Waals surface area contributed by atoms with Gasteiger partial charge in [-0.2, -0.15) is 4.31 Å².